The van der Waals surface area contributed by atoms with E-state index in [2.05, 4.69) is 10.6 Å². The van der Waals surface area contributed by atoms with E-state index in [0.717, 1.165) is 11.1 Å². The van der Waals surface area contributed by atoms with Gasteiger partial charge in [-0.1, -0.05) is 30.3 Å². The number of hydrogen-bond donors (Lipinski definition) is 2. The maximum absolute atomic E-state index is 11.7. The summed E-state index contributed by atoms with van der Waals surface area (Å²) in [7, 11) is 0. The van der Waals surface area contributed by atoms with E-state index in [1.807, 2.05) is 63.2 Å². The Morgan fingerprint density at radius 1 is 1.00 bits per heavy atom. The minimum atomic E-state index is -0.235. The molecule has 94 valence electrons. The first-order chi connectivity index (χ1) is 8.44. The molecule has 2 amide bonds. The van der Waals surface area contributed by atoms with E-state index >= 15 is 0 Å². The molecule has 2 aromatic rings. The number of anilines is 1. The Morgan fingerprint density at radius 2 is 1.67 bits per heavy atom. The molecule has 0 saturated carbocycles. The first kappa shape index (κ1) is 12.4. The number of amides is 2. The minimum Gasteiger partial charge on any atom is -0.333 e. The van der Waals surface area contributed by atoms with Crippen molar-refractivity contribution in [3.63, 3.8) is 0 Å². The Kier molecular flexibility index (Phi) is 3.24. The Bertz CT molecular complexity index is 570. The number of carbonyl (C=O) groups is 1. The zero-order chi connectivity index (χ0) is 13.2. The fraction of sp³-hybridized carbons (Fsp3) is 0.267. The molecule has 0 unspecified atom stereocenters. The van der Waals surface area contributed by atoms with Crippen LogP contribution >= 0.6 is 0 Å². The highest BCUT2D eigenvalue weighted by Gasteiger charge is 2.13. The quantitative estimate of drug-likeness (QED) is 0.785. The van der Waals surface area contributed by atoms with Crippen LogP contribution in [0, 0.1) is 0 Å². The third-order valence-electron chi connectivity index (χ3n) is 2.50. The fourth-order valence-corrected chi connectivity index (χ4v) is 1.77. The second-order valence-electron chi connectivity index (χ2n) is 5.39. The first-order valence-electron chi connectivity index (χ1n) is 6.02. The van der Waals surface area contributed by atoms with Gasteiger partial charge in [-0.25, -0.2) is 4.79 Å². The summed E-state index contributed by atoms with van der Waals surface area (Å²) in [4.78, 5) is 11.7. The molecule has 0 spiro atoms. The van der Waals surface area contributed by atoms with Crippen LogP contribution in [0.1, 0.15) is 20.8 Å². The van der Waals surface area contributed by atoms with Crippen molar-refractivity contribution in [1.82, 2.24) is 5.32 Å². The standard InChI is InChI=1S/C15H18N2O/c1-15(2,3)17-14(18)16-13-9-8-11-6-4-5-7-12(11)10-13/h4-10H,1-3H3,(H2,16,17,18). The zero-order valence-corrected chi connectivity index (χ0v) is 10.9. The highest BCUT2D eigenvalue weighted by Crippen LogP contribution is 2.18. The fourth-order valence-electron chi connectivity index (χ4n) is 1.77. The van der Waals surface area contributed by atoms with Crippen LogP contribution in [0.4, 0.5) is 10.5 Å². The van der Waals surface area contributed by atoms with Crippen LogP contribution in [0.5, 0.6) is 0 Å². The average Bonchev–Trinajstić information content (AvgIpc) is 2.26. The van der Waals surface area contributed by atoms with E-state index in [4.69, 9.17) is 0 Å². The van der Waals surface area contributed by atoms with Gasteiger partial charge in [-0.05, 0) is 43.7 Å². The molecule has 0 heterocycles. The van der Waals surface area contributed by atoms with Crippen LogP contribution in [0.3, 0.4) is 0 Å². The van der Waals surface area contributed by atoms with Crippen molar-refractivity contribution >= 4 is 22.5 Å². The Morgan fingerprint density at radius 3 is 2.33 bits per heavy atom. The molecule has 0 aliphatic carbocycles. The van der Waals surface area contributed by atoms with Gasteiger partial charge in [0.2, 0.25) is 0 Å². The van der Waals surface area contributed by atoms with Gasteiger partial charge in [0.05, 0.1) is 0 Å². The molecule has 2 aromatic carbocycles. The molecule has 18 heavy (non-hydrogen) atoms. The van der Waals surface area contributed by atoms with Gasteiger partial charge in [-0.3, -0.25) is 0 Å². The van der Waals surface area contributed by atoms with Crippen molar-refractivity contribution in [2.75, 3.05) is 5.32 Å². The van der Waals surface area contributed by atoms with Gasteiger partial charge in [0, 0.05) is 11.2 Å². The summed E-state index contributed by atoms with van der Waals surface area (Å²) in [6.07, 6.45) is 0. The summed E-state index contributed by atoms with van der Waals surface area (Å²) < 4.78 is 0. The van der Waals surface area contributed by atoms with Crippen molar-refractivity contribution in [2.24, 2.45) is 0 Å². The predicted octanol–water partition coefficient (Wildman–Crippen LogP) is 3.76. The minimum absolute atomic E-state index is 0.183. The molecule has 0 saturated heterocycles. The number of rotatable bonds is 1. The molecule has 0 aliphatic rings. The third-order valence-corrected chi connectivity index (χ3v) is 2.50. The Balaban J connectivity index is 2.15. The second-order valence-corrected chi connectivity index (χ2v) is 5.39. The number of nitrogens with one attached hydrogen (secondary N) is 2. The van der Waals surface area contributed by atoms with Gasteiger partial charge in [-0.2, -0.15) is 0 Å². The topological polar surface area (TPSA) is 41.1 Å². The molecule has 0 aliphatic heterocycles. The smallest absolute Gasteiger partial charge is 0.319 e. The van der Waals surface area contributed by atoms with Crippen molar-refractivity contribution in [2.45, 2.75) is 26.3 Å². The number of urea groups is 1. The van der Waals surface area contributed by atoms with Crippen LogP contribution in [-0.4, -0.2) is 11.6 Å². The van der Waals surface area contributed by atoms with E-state index in [0.29, 0.717) is 0 Å². The molecule has 2 N–H and O–H groups in total. The highest BCUT2D eigenvalue weighted by atomic mass is 16.2. The van der Waals surface area contributed by atoms with E-state index in [-0.39, 0.29) is 11.6 Å². The van der Waals surface area contributed by atoms with Crippen molar-refractivity contribution < 1.29 is 4.79 Å². The maximum atomic E-state index is 11.7. The molecule has 3 nitrogen and oxygen atoms in total. The van der Waals surface area contributed by atoms with Gasteiger partial charge in [0.25, 0.3) is 0 Å². The molecule has 0 fully saturated rings. The third kappa shape index (κ3) is 3.23. The van der Waals surface area contributed by atoms with Gasteiger partial charge in [-0.15, -0.1) is 0 Å². The molecular weight excluding hydrogens is 224 g/mol. The molecule has 0 radical (unpaired) electrons. The number of benzene rings is 2. The molecule has 2 rings (SSSR count). The molecule has 0 bridgehead atoms. The molecular formula is C15H18N2O. The van der Waals surface area contributed by atoms with Crippen LogP contribution in [0.25, 0.3) is 10.8 Å². The summed E-state index contributed by atoms with van der Waals surface area (Å²) in [5.74, 6) is 0. The Labute approximate surface area is 107 Å². The number of hydrogen-bond acceptors (Lipinski definition) is 1. The van der Waals surface area contributed by atoms with E-state index < -0.39 is 0 Å². The first-order valence-corrected chi connectivity index (χ1v) is 6.02. The number of fused-ring (bicyclic) bond motifs is 1. The SMILES string of the molecule is CC(C)(C)NC(=O)Nc1ccc2ccccc2c1. The molecule has 0 aromatic heterocycles. The Hall–Kier alpha value is -2.03. The molecule has 3 heteroatoms. The van der Waals surface area contributed by atoms with E-state index in [1.54, 1.807) is 0 Å². The summed E-state index contributed by atoms with van der Waals surface area (Å²) in [6.45, 7) is 5.85. The van der Waals surface area contributed by atoms with Crippen molar-refractivity contribution in [1.29, 1.82) is 0 Å². The average molecular weight is 242 g/mol. The van der Waals surface area contributed by atoms with Crippen LogP contribution in [0.2, 0.25) is 0 Å². The van der Waals surface area contributed by atoms with Gasteiger partial charge >= 0.3 is 6.03 Å². The lowest BCUT2D eigenvalue weighted by molar-refractivity contribution is 0.244. The largest absolute Gasteiger partial charge is 0.333 e. The zero-order valence-electron chi connectivity index (χ0n) is 10.9. The highest BCUT2D eigenvalue weighted by molar-refractivity contribution is 5.93. The monoisotopic (exact) mass is 242 g/mol. The van der Waals surface area contributed by atoms with E-state index in [1.165, 1.54) is 5.39 Å². The summed E-state index contributed by atoms with van der Waals surface area (Å²) in [6, 6.07) is 13.8. The van der Waals surface area contributed by atoms with Gasteiger partial charge in [0.1, 0.15) is 0 Å². The van der Waals surface area contributed by atoms with Crippen molar-refractivity contribution in [3.8, 4) is 0 Å². The van der Waals surface area contributed by atoms with Gasteiger partial charge in [0.15, 0.2) is 0 Å². The maximum Gasteiger partial charge on any atom is 0.319 e. The number of carbonyl (C=O) groups excluding carboxylic acids is 1. The lowest BCUT2D eigenvalue weighted by Gasteiger charge is -2.20. The second kappa shape index (κ2) is 4.69. The van der Waals surface area contributed by atoms with Crippen LogP contribution in [-0.2, 0) is 0 Å². The van der Waals surface area contributed by atoms with Crippen LogP contribution < -0.4 is 10.6 Å². The lowest BCUT2D eigenvalue weighted by Crippen LogP contribution is -2.43. The summed E-state index contributed by atoms with van der Waals surface area (Å²) in [5, 5.41) is 7.99. The normalized spacial score (nSPS) is 11.3. The lowest BCUT2D eigenvalue weighted by atomic mass is 10.1. The van der Waals surface area contributed by atoms with Crippen molar-refractivity contribution in [3.05, 3.63) is 42.5 Å². The van der Waals surface area contributed by atoms with Crippen LogP contribution in [0.15, 0.2) is 42.5 Å². The van der Waals surface area contributed by atoms with Gasteiger partial charge < -0.3 is 10.6 Å². The van der Waals surface area contributed by atoms with E-state index in [9.17, 15) is 4.79 Å². The summed E-state index contributed by atoms with van der Waals surface area (Å²) >= 11 is 0. The summed E-state index contributed by atoms with van der Waals surface area (Å²) in [5.41, 5.74) is 0.566. The predicted molar refractivity (Wildman–Crippen MR) is 75.9 cm³/mol. The molecule has 0 atom stereocenters.